The molecule has 3 heterocycles. The first-order valence-corrected chi connectivity index (χ1v) is 9.11. The van der Waals surface area contributed by atoms with Crippen molar-refractivity contribution in [2.75, 3.05) is 0 Å². The number of rotatable bonds is 3. The second-order valence-corrected chi connectivity index (χ2v) is 6.61. The Morgan fingerprint density at radius 3 is 2.19 bits per heavy atom. The third-order valence-corrected chi connectivity index (χ3v) is 4.98. The van der Waals surface area contributed by atoms with Gasteiger partial charge in [-0.3, -0.25) is 0 Å². The molecule has 5 aromatic rings. The van der Waals surface area contributed by atoms with Crippen LogP contribution < -0.4 is 0 Å². The molecule has 0 aliphatic rings. The van der Waals surface area contributed by atoms with E-state index in [2.05, 4.69) is 72.2 Å². The highest BCUT2D eigenvalue weighted by Crippen LogP contribution is 2.40. The number of hydrogen-bond donors (Lipinski definition) is 0. The van der Waals surface area contributed by atoms with Gasteiger partial charge in [-0.15, -0.1) is 5.10 Å². The van der Waals surface area contributed by atoms with Gasteiger partial charge in [0.25, 0.3) is 0 Å². The normalized spacial score (nSPS) is 11.5. The molecule has 132 valence electrons. The van der Waals surface area contributed by atoms with Crippen molar-refractivity contribution in [1.29, 1.82) is 0 Å². The van der Waals surface area contributed by atoms with Crippen LogP contribution in [0.2, 0.25) is 0 Å². The van der Waals surface area contributed by atoms with Crippen LogP contribution in [0, 0.1) is 0 Å². The summed E-state index contributed by atoms with van der Waals surface area (Å²) < 4.78 is 3.95. The van der Waals surface area contributed by atoms with Gasteiger partial charge < -0.3 is 4.57 Å². The zero-order valence-corrected chi connectivity index (χ0v) is 15.3. The zero-order chi connectivity index (χ0) is 18.4. The van der Waals surface area contributed by atoms with E-state index in [1.807, 2.05) is 12.1 Å². The van der Waals surface area contributed by atoms with Gasteiger partial charge in [-0.1, -0.05) is 67.6 Å². The van der Waals surface area contributed by atoms with Crippen LogP contribution in [-0.2, 0) is 13.5 Å². The van der Waals surface area contributed by atoms with Crippen molar-refractivity contribution in [2.45, 2.75) is 13.3 Å². The highest BCUT2D eigenvalue weighted by Gasteiger charge is 2.22. The van der Waals surface area contributed by atoms with Crippen LogP contribution in [-0.4, -0.2) is 24.1 Å². The number of benzene rings is 2. The van der Waals surface area contributed by atoms with Crippen molar-refractivity contribution in [3.63, 3.8) is 0 Å². The van der Waals surface area contributed by atoms with E-state index in [1.165, 1.54) is 0 Å². The second-order valence-electron chi connectivity index (χ2n) is 6.61. The van der Waals surface area contributed by atoms with E-state index >= 15 is 0 Å². The first-order chi connectivity index (χ1) is 13.3. The van der Waals surface area contributed by atoms with Gasteiger partial charge in [-0.25, -0.2) is 14.5 Å². The summed E-state index contributed by atoms with van der Waals surface area (Å²) in [5, 5.41) is 5.60. The van der Waals surface area contributed by atoms with Gasteiger partial charge in [0, 0.05) is 19.0 Å². The summed E-state index contributed by atoms with van der Waals surface area (Å²) in [6.45, 7) is 2.07. The zero-order valence-electron chi connectivity index (χ0n) is 15.3. The monoisotopic (exact) mass is 353 g/mol. The topological polar surface area (TPSA) is 48.0 Å². The molecular formula is C22H19N5. The third kappa shape index (κ3) is 2.35. The summed E-state index contributed by atoms with van der Waals surface area (Å²) in [6, 6.07) is 20.9. The van der Waals surface area contributed by atoms with Crippen molar-refractivity contribution in [1.82, 2.24) is 24.1 Å². The lowest BCUT2D eigenvalue weighted by Crippen LogP contribution is -1.95. The van der Waals surface area contributed by atoms with Gasteiger partial charge >= 0.3 is 0 Å². The molecule has 0 atom stereocenters. The Kier molecular flexibility index (Phi) is 3.53. The summed E-state index contributed by atoms with van der Waals surface area (Å²) >= 11 is 0. The first-order valence-electron chi connectivity index (χ1n) is 9.11. The molecule has 5 rings (SSSR count). The van der Waals surface area contributed by atoms with Crippen molar-refractivity contribution in [2.24, 2.45) is 7.05 Å². The summed E-state index contributed by atoms with van der Waals surface area (Å²) in [5.41, 5.74) is 6.36. The second kappa shape index (κ2) is 6.06. The van der Waals surface area contributed by atoms with E-state index in [4.69, 9.17) is 9.97 Å². The SMILES string of the molecule is CCc1nc2c3c(-c4ccccc4)c(-c4ccccc4)n(C)c3ncn2n1. The molecule has 0 saturated carbocycles. The lowest BCUT2D eigenvalue weighted by atomic mass is 9.99. The molecule has 0 unspecified atom stereocenters. The minimum atomic E-state index is 0.794. The number of aromatic nitrogens is 5. The molecule has 0 spiro atoms. The minimum Gasteiger partial charge on any atom is -0.328 e. The molecule has 27 heavy (non-hydrogen) atoms. The summed E-state index contributed by atoms with van der Waals surface area (Å²) in [4.78, 5) is 9.50. The number of aryl methyl sites for hydroxylation is 2. The van der Waals surface area contributed by atoms with Crippen LogP contribution in [0.15, 0.2) is 67.0 Å². The van der Waals surface area contributed by atoms with Crippen LogP contribution in [0.5, 0.6) is 0 Å². The Bertz CT molecular complexity index is 1250. The Balaban J connectivity index is 1.98. The molecule has 2 aromatic carbocycles. The lowest BCUT2D eigenvalue weighted by molar-refractivity contribution is 0.864. The smallest absolute Gasteiger partial charge is 0.169 e. The van der Waals surface area contributed by atoms with Crippen LogP contribution >= 0.6 is 0 Å². The Morgan fingerprint density at radius 2 is 1.52 bits per heavy atom. The van der Waals surface area contributed by atoms with Crippen molar-refractivity contribution in [3.05, 3.63) is 72.8 Å². The van der Waals surface area contributed by atoms with Gasteiger partial charge in [-0.05, 0) is 11.1 Å². The average Bonchev–Trinajstić information content (AvgIpc) is 3.28. The molecule has 0 N–H and O–H groups in total. The van der Waals surface area contributed by atoms with Gasteiger partial charge in [0.15, 0.2) is 11.5 Å². The highest BCUT2D eigenvalue weighted by molar-refractivity contribution is 6.09. The third-order valence-electron chi connectivity index (χ3n) is 4.98. The fourth-order valence-corrected chi connectivity index (χ4v) is 3.73. The summed E-state index contributed by atoms with van der Waals surface area (Å²) in [5.74, 6) is 0.827. The molecular weight excluding hydrogens is 334 g/mol. The average molecular weight is 353 g/mol. The van der Waals surface area contributed by atoms with Crippen LogP contribution in [0.25, 0.3) is 39.1 Å². The molecule has 0 bridgehead atoms. The summed E-state index contributed by atoms with van der Waals surface area (Å²) in [6.07, 6.45) is 2.55. The van der Waals surface area contributed by atoms with E-state index in [0.717, 1.165) is 51.3 Å². The van der Waals surface area contributed by atoms with Gasteiger partial charge in [0.1, 0.15) is 12.0 Å². The molecule has 0 radical (unpaired) electrons. The Morgan fingerprint density at radius 1 is 0.852 bits per heavy atom. The number of fused-ring (bicyclic) bond motifs is 3. The maximum absolute atomic E-state index is 4.79. The van der Waals surface area contributed by atoms with E-state index < -0.39 is 0 Å². The predicted molar refractivity (Wildman–Crippen MR) is 108 cm³/mol. The van der Waals surface area contributed by atoms with E-state index in [9.17, 15) is 0 Å². The van der Waals surface area contributed by atoms with Gasteiger partial charge in [0.2, 0.25) is 0 Å². The first kappa shape index (κ1) is 15.8. The fraction of sp³-hybridized carbons (Fsp3) is 0.136. The van der Waals surface area contributed by atoms with Gasteiger partial charge in [-0.2, -0.15) is 0 Å². The maximum Gasteiger partial charge on any atom is 0.169 e. The molecule has 5 heteroatoms. The molecule has 0 amide bonds. The minimum absolute atomic E-state index is 0.794. The van der Waals surface area contributed by atoms with Crippen molar-refractivity contribution < 1.29 is 0 Å². The van der Waals surface area contributed by atoms with E-state index in [0.29, 0.717) is 0 Å². The standard InChI is InChI=1S/C22H19N5/c1-3-17-24-22-19-18(15-10-6-4-7-11-15)20(16-12-8-5-9-13-16)26(2)21(19)23-14-27(22)25-17/h4-14H,3H2,1-2H3. The molecule has 0 fully saturated rings. The largest absolute Gasteiger partial charge is 0.328 e. The Labute approximate surface area is 156 Å². The lowest BCUT2D eigenvalue weighted by Gasteiger charge is -2.08. The van der Waals surface area contributed by atoms with Gasteiger partial charge in [0.05, 0.1) is 11.1 Å². The molecule has 3 aromatic heterocycles. The quantitative estimate of drug-likeness (QED) is 0.479. The Hall–Kier alpha value is -3.47. The highest BCUT2D eigenvalue weighted by atomic mass is 15.3. The summed E-state index contributed by atoms with van der Waals surface area (Å²) in [7, 11) is 2.07. The van der Waals surface area contributed by atoms with Crippen LogP contribution in [0.1, 0.15) is 12.7 Å². The van der Waals surface area contributed by atoms with E-state index in [1.54, 1.807) is 10.8 Å². The van der Waals surface area contributed by atoms with E-state index in [-0.39, 0.29) is 0 Å². The van der Waals surface area contributed by atoms with Crippen LogP contribution in [0.3, 0.4) is 0 Å². The number of hydrogen-bond acceptors (Lipinski definition) is 3. The number of nitrogens with zero attached hydrogens (tertiary/aromatic N) is 5. The van der Waals surface area contributed by atoms with Crippen molar-refractivity contribution in [3.8, 4) is 22.4 Å². The fourth-order valence-electron chi connectivity index (χ4n) is 3.73. The van der Waals surface area contributed by atoms with Crippen molar-refractivity contribution >= 4 is 16.7 Å². The molecule has 5 nitrogen and oxygen atoms in total. The van der Waals surface area contributed by atoms with Crippen LogP contribution in [0.4, 0.5) is 0 Å². The molecule has 0 aliphatic heterocycles. The predicted octanol–water partition coefficient (Wildman–Crippen LogP) is 4.51. The maximum atomic E-state index is 4.79. The molecule has 0 saturated heterocycles. The molecule has 0 aliphatic carbocycles.